The van der Waals surface area contributed by atoms with Gasteiger partial charge in [0.05, 0.1) is 5.52 Å². The number of anilines is 3. The Morgan fingerprint density at radius 2 is 1.33 bits per heavy atom. The van der Waals surface area contributed by atoms with Crippen LogP contribution in [0.4, 0.5) is 17.1 Å². The second-order valence-electron chi connectivity index (χ2n) is 13.6. The smallest absolute Gasteiger partial charge is 0.333 e. The molecule has 0 spiro atoms. The molecule has 0 amide bonds. The first kappa shape index (κ1) is 23.9. The van der Waals surface area contributed by atoms with Gasteiger partial charge in [0, 0.05) is 55.8 Å². The van der Waals surface area contributed by atoms with Crippen molar-refractivity contribution < 1.29 is 8.83 Å². The van der Waals surface area contributed by atoms with Crippen LogP contribution in [0.25, 0.3) is 66.0 Å². The minimum absolute atomic E-state index is 0.0276. The minimum Gasteiger partial charge on any atom is -0.456 e. The van der Waals surface area contributed by atoms with Gasteiger partial charge in [-0.25, -0.2) is 0 Å². The van der Waals surface area contributed by atoms with Crippen molar-refractivity contribution in [2.24, 2.45) is 0 Å². The number of benzene rings is 6. The van der Waals surface area contributed by atoms with E-state index in [1.54, 1.807) is 0 Å². The van der Waals surface area contributed by atoms with E-state index < -0.39 is 8.07 Å². The number of fused-ring (bicyclic) bond motifs is 15. The molecule has 46 heavy (non-hydrogen) atoms. The molecule has 6 aromatic carbocycles. The molecule has 3 aromatic heterocycles. The van der Waals surface area contributed by atoms with E-state index in [-0.39, 0.29) is 6.85 Å². The zero-order valence-electron chi connectivity index (χ0n) is 25.3. The molecule has 6 heteroatoms. The van der Waals surface area contributed by atoms with Gasteiger partial charge in [-0.3, -0.25) is 0 Å². The van der Waals surface area contributed by atoms with E-state index in [4.69, 9.17) is 8.83 Å². The fourth-order valence-electron chi connectivity index (χ4n) is 9.31. The SMILES string of the molecule is C[Si]1(C)c2ccccc2N2c3cc4oc5ccccc5c4c4c3B(c3cccc1c32)n1c2c-4cccc2c2oc3ccccc3c21. The van der Waals surface area contributed by atoms with Gasteiger partial charge in [0.25, 0.3) is 0 Å². The van der Waals surface area contributed by atoms with Crippen LogP contribution < -0.4 is 26.2 Å². The predicted octanol–water partition coefficient (Wildman–Crippen LogP) is 7.99. The molecule has 9 aromatic rings. The van der Waals surface area contributed by atoms with Crippen molar-refractivity contribution in [3.8, 4) is 11.1 Å². The Kier molecular flexibility index (Phi) is 3.98. The first-order valence-electron chi connectivity index (χ1n) is 16.1. The van der Waals surface area contributed by atoms with Gasteiger partial charge in [-0.15, -0.1) is 0 Å². The second kappa shape index (κ2) is 7.66. The van der Waals surface area contributed by atoms with Crippen LogP contribution in [0, 0.1) is 0 Å². The average molecular weight is 605 g/mol. The summed E-state index contributed by atoms with van der Waals surface area (Å²) in [6.07, 6.45) is 0. The summed E-state index contributed by atoms with van der Waals surface area (Å²) >= 11 is 0. The fraction of sp³-hybridized carbons (Fsp3) is 0.0500. The summed E-state index contributed by atoms with van der Waals surface area (Å²) in [5.74, 6) is 0. The first-order valence-corrected chi connectivity index (χ1v) is 19.1. The third-order valence-corrected chi connectivity index (χ3v) is 14.7. The monoisotopic (exact) mass is 604 g/mol. The van der Waals surface area contributed by atoms with E-state index in [0.29, 0.717) is 0 Å². The van der Waals surface area contributed by atoms with Crippen molar-refractivity contribution in [2.75, 3.05) is 4.90 Å². The molecule has 0 saturated carbocycles. The number of hydrogen-bond donors (Lipinski definition) is 0. The van der Waals surface area contributed by atoms with E-state index in [9.17, 15) is 0 Å². The molecular formula is C40H25BN2O2Si. The molecular weight excluding hydrogens is 579 g/mol. The van der Waals surface area contributed by atoms with Gasteiger partial charge in [0.15, 0.2) is 5.58 Å². The standard InChI is InChI=1S/C40H25BN2O2Si/c1-46(2)32-19-8-5-16-27(32)42-28-21-31-34(22-11-3-6-17-29(22)44-31)35-24-13-9-14-25-37(24)43(38-23-12-4-7-18-30(23)45-40(25)38)41(36(28)35)26-15-10-20-33(46)39(26)42/h3-21H,1-2H3. The quantitative estimate of drug-likeness (QED) is 0.165. The van der Waals surface area contributed by atoms with Gasteiger partial charge >= 0.3 is 6.85 Å². The van der Waals surface area contributed by atoms with E-state index in [1.165, 1.54) is 65.9 Å². The highest BCUT2D eigenvalue weighted by molar-refractivity contribution is 7.04. The molecule has 0 bridgehead atoms. The molecule has 6 heterocycles. The van der Waals surface area contributed by atoms with Gasteiger partial charge in [0.2, 0.25) is 0 Å². The maximum absolute atomic E-state index is 6.72. The summed E-state index contributed by atoms with van der Waals surface area (Å²) in [7, 11) is -2.02. The number of rotatable bonds is 0. The molecule has 214 valence electrons. The fourth-order valence-corrected chi connectivity index (χ4v) is 12.3. The maximum atomic E-state index is 6.72. The van der Waals surface area contributed by atoms with Crippen molar-refractivity contribution in [3.63, 3.8) is 0 Å². The summed E-state index contributed by atoms with van der Waals surface area (Å²) < 4.78 is 16.1. The topological polar surface area (TPSA) is 34.5 Å². The Morgan fingerprint density at radius 3 is 2.22 bits per heavy atom. The summed E-state index contributed by atoms with van der Waals surface area (Å²) in [6.45, 7) is 4.99. The van der Waals surface area contributed by atoms with Crippen molar-refractivity contribution >= 4 is 108 Å². The molecule has 0 saturated heterocycles. The second-order valence-corrected chi connectivity index (χ2v) is 18.0. The average Bonchev–Trinajstić information content (AvgIpc) is 3.75. The summed E-state index contributed by atoms with van der Waals surface area (Å²) in [5.41, 5.74) is 15.2. The molecule has 0 N–H and O–H groups in total. The molecule has 4 nitrogen and oxygen atoms in total. The van der Waals surface area contributed by atoms with E-state index in [2.05, 4.69) is 138 Å². The zero-order valence-corrected chi connectivity index (χ0v) is 26.3. The van der Waals surface area contributed by atoms with Gasteiger partial charge < -0.3 is 18.2 Å². The molecule has 0 unspecified atom stereocenters. The van der Waals surface area contributed by atoms with Crippen LogP contribution >= 0.6 is 0 Å². The van der Waals surface area contributed by atoms with Crippen LogP contribution in [0.5, 0.6) is 0 Å². The zero-order chi connectivity index (χ0) is 30.1. The third-order valence-electron chi connectivity index (χ3n) is 11.1. The number of furan rings is 2. The summed E-state index contributed by atoms with van der Waals surface area (Å²) in [5, 5.41) is 7.63. The number of para-hydroxylation sites is 5. The van der Waals surface area contributed by atoms with Gasteiger partial charge in [0.1, 0.15) is 24.8 Å². The molecule has 0 fully saturated rings. The number of hydrogen-bond acceptors (Lipinski definition) is 3. The molecule has 3 aliphatic rings. The lowest BCUT2D eigenvalue weighted by molar-refractivity contribution is 0.669. The Labute approximate surface area is 265 Å². The molecule has 0 aliphatic carbocycles. The van der Waals surface area contributed by atoms with E-state index >= 15 is 0 Å². The van der Waals surface area contributed by atoms with Crippen molar-refractivity contribution in [3.05, 3.63) is 115 Å². The lowest BCUT2D eigenvalue weighted by Gasteiger charge is -2.47. The lowest BCUT2D eigenvalue weighted by atomic mass is 9.45. The van der Waals surface area contributed by atoms with Gasteiger partial charge in [-0.2, -0.15) is 0 Å². The Bertz CT molecular complexity index is 2870. The van der Waals surface area contributed by atoms with Gasteiger partial charge in [-0.05, 0) is 57.2 Å². The van der Waals surface area contributed by atoms with Crippen molar-refractivity contribution in [2.45, 2.75) is 13.1 Å². The highest BCUT2D eigenvalue weighted by atomic mass is 28.3. The van der Waals surface area contributed by atoms with Crippen molar-refractivity contribution in [1.82, 2.24) is 4.48 Å². The predicted molar refractivity (Wildman–Crippen MR) is 194 cm³/mol. The Balaban J connectivity index is 1.37. The van der Waals surface area contributed by atoms with E-state index in [1.807, 2.05) is 0 Å². The van der Waals surface area contributed by atoms with Crippen molar-refractivity contribution in [1.29, 1.82) is 0 Å². The maximum Gasteiger partial charge on any atom is 0.333 e. The Hall–Kier alpha value is -5.46. The molecule has 0 atom stereocenters. The minimum atomic E-state index is -2.02. The summed E-state index contributed by atoms with van der Waals surface area (Å²) in [6, 6.07) is 42.3. The number of nitrogens with zero attached hydrogens (tertiary/aromatic N) is 2. The largest absolute Gasteiger partial charge is 0.456 e. The Morgan fingerprint density at radius 1 is 0.609 bits per heavy atom. The molecule has 12 rings (SSSR count). The first-order chi connectivity index (χ1) is 22.6. The van der Waals surface area contributed by atoms with Crippen LogP contribution in [-0.4, -0.2) is 19.4 Å². The van der Waals surface area contributed by atoms with Crippen LogP contribution in [0.15, 0.2) is 124 Å². The normalized spacial score (nSPS) is 15.3. The molecule has 0 radical (unpaired) electrons. The van der Waals surface area contributed by atoms with Gasteiger partial charge in [-0.1, -0.05) is 92.0 Å². The van der Waals surface area contributed by atoms with E-state index in [0.717, 1.165) is 38.5 Å². The van der Waals surface area contributed by atoms with Crippen LogP contribution in [0.1, 0.15) is 0 Å². The highest BCUT2D eigenvalue weighted by Gasteiger charge is 2.49. The lowest BCUT2D eigenvalue weighted by Crippen LogP contribution is -2.65. The third kappa shape index (κ3) is 2.50. The highest BCUT2D eigenvalue weighted by Crippen LogP contribution is 2.51. The summed E-state index contributed by atoms with van der Waals surface area (Å²) in [4.78, 5) is 2.57. The number of aromatic nitrogens is 1. The van der Waals surface area contributed by atoms with Crippen LogP contribution in [-0.2, 0) is 0 Å². The van der Waals surface area contributed by atoms with Crippen LogP contribution in [0.3, 0.4) is 0 Å². The van der Waals surface area contributed by atoms with Crippen LogP contribution in [0.2, 0.25) is 13.1 Å². The molecule has 3 aliphatic heterocycles.